The first-order valence-electron chi connectivity index (χ1n) is 3.99. The first-order chi connectivity index (χ1) is 5.22. The summed E-state index contributed by atoms with van der Waals surface area (Å²) in [7, 11) is 0. The second kappa shape index (κ2) is 3.90. The van der Waals surface area contributed by atoms with Crippen LogP contribution < -0.4 is 0 Å². The van der Waals surface area contributed by atoms with E-state index in [4.69, 9.17) is 11.6 Å². The number of hydrogen-bond acceptors (Lipinski definition) is 2. The van der Waals surface area contributed by atoms with Gasteiger partial charge >= 0.3 is 0 Å². The fourth-order valence-corrected chi connectivity index (χ4v) is 1.85. The summed E-state index contributed by atoms with van der Waals surface area (Å²) in [5, 5.41) is 10.2. The molecule has 2 unspecified atom stereocenters. The van der Waals surface area contributed by atoms with Gasteiger partial charge in [-0.25, -0.2) is 0 Å². The molecule has 1 aliphatic rings. The summed E-state index contributed by atoms with van der Waals surface area (Å²) in [6.07, 6.45) is 4.54. The molecule has 0 saturated heterocycles. The van der Waals surface area contributed by atoms with Crippen LogP contribution in [0.2, 0.25) is 0 Å². The fourth-order valence-electron chi connectivity index (χ4n) is 1.48. The van der Waals surface area contributed by atoms with Gasteiger partial charge in [-0.15, -0.1) is 11.6 Å². The molecule has 0 radical (unpaired) electrons. The number of hydrogen-bond donors (Lipinski definition) is 0. The van der Waals surface area contributed by atoms with E-state index < -0.39 is 6.04 Å². The molecule has 4 heteroatoms. The van der Waals surface area contributed by atoms with Gasteiger partial charge in [0.05, 0.1) is 0 Å². The topological polar surface area (TPSA) is 43.1 Å². The fraction of sp³-hybridized carbons (Fsp3) is 1.00. The van der Waals surface area contributed by atoms with Crippen LogP contribution in [0, 0.1) is 10.1 Å². The van der Waals surface area contributed by atoms with E-state index in [1.165, 1.54) is 0 Å². The Balaban J connectivity index is 2.52. The van der Waals surface area contributed by atoms with Gasteiger partial charge in [-0.1, -0.05) is 12.8 Å². The van der Waals surface area contributed by atoms with Crippen LogP contribution in [-0.2, 0) is 0 Å². The molecular weight excluding hydrogens is 166 g/mol. The largest absolute Gasteiger partial charge is 0.264 e. The van der Waals surface area contributed by atoms with E-state index in [0.29, 0.717) is 6.42 Å². The third-order valence-electron chi connectivity index (χ3n) is 2.17. The lowest BCUT2D eigenvalue weighted by Gasteiger charge is -2.10. The Hall–Kier alpha value is -0.310. The van der Waals surface area contributed by atoms with Gasteiger partial charge in [0, 0.05) is 11.3 Å². The van der Waals surface area contributed by atoms with Crippen molar-refractivity contribution in [1.29, 1.82) is 0 Å². The Morgan fingerprint density at radius 3 is 2.55 bits per heavy atom. The van der Waals surface area contributed by atoms with Crippen molar-refractivity contribution in [1.82, 2.24) is 0 Å². The average Bonchev–Trinajstić information content (AvgIpc) is 2.13. The van der Waals surface area contributed by atoms with E-state index in [1.807, 2.05) is 0 Å². The summed E-state index contributed by atoms with van der Waals surface area (Å²) < 4.78 is 0. The first kappa shape index (κ1) is 8.78. The number of alkyl halides is 1. The molecule has 64 valence electrons. The monoisotopic (exact) mass is 177 g/mol. The molecular formula is C7H12ClNO2. The SMILES string of the molecule is O=[N+]([O-])C1CCCCCC1Cl. The summed E-state index contributed by atoms with van der Waals surface area (Å²) in [5.74, 6) is 0. The Bertz CT molecular complexity index is 151. The highest BCUT2D eigenvalue weighted by atomic mass is 35.5. The first-order valence-corrected chi connectivity index (χ1v) is 4.43. The van der Waals surface area contributed by atoms with E-state index in [0.717, 1.165) is 25.7 Å². The molecule has 3 nitrogen and oxygen atoms in total. The molecule has 0 heterocycles. The van der Waals surface area contributed by atoms with E-state index in [9.17, 15) is 10.1 Å². The molecule has 0 spiro atoms. The molecule has 0 aromatic rings. The van der Waals surface area contributed by atoms with Gasteiger partial charge in [-0.05, 0) is 12.8 Å². The predicted molar refractivity (Wildman–Crippen MR) is 43.5 cm³/mol. The zero-order valence-electron chi connectivity index (χ0n) is 6.33. The molecule has 0 N–H and O–H groups in total. The molecule has 0 aliphatic heterocycles. The second-order valence-corrected chi connectivity index (χ2v) is 3.57. The maximum atomic E-state index is 10.4. The summed E-state index contributed by atoms with van der Waals surface area (Å²) in [6.45, 7) is 0. The zero-order valence-corrected chi connectivity index (χ0v) is 7.09. The smallest absolute Gasteiger partial charge is 0.229 e. The van der Waals surface area contributed by atoms with Crippen molar-refractivity contribution >= 4 is 11.6 Å². The van der Waals surface area contributed by atoms with Crippen LogP contribution in [0.5, 0.6) is 0 Å². The normalized spacial score (nSPS) is 32.8. The summed E-state index contributed by atoms with van der Waals surface area (Å²) in [4.78, 5) is 10.2. The summed E-state index contributed by atoms with van der Waals surface area (Å²) in [5.41, 5.74) is 0. The standard InChI is InChI=1S/C7H12ClNO2/c8-6-4-2-1-3-5-7(6)9(10)11/h6-7H,1-5H2. The molecule has 0 amide bonds. The van der Waals surface area contributed by atoms with Gasteiger partial charge in [0.25, 0.3) is 0 Å². The van der Waals surface area contributed by atoms with E-state index in [-0.39, 0.29) is 10.3 Å². The molecule has 2 atom stereocenters. The van der Waals surface area contributed by atoms with Crippen LogP contribution in [0.15, 0.2) is 0 Å². The van der Waals surface area contributed by atoms with Crippen molar-refractivity contribution in [2.75, 3.05) is 0 Å². The minimum atomic E-state index is -0.501. The molecule has 1 fully saturated rings. The number of rotatable bonds is 1. The molecule has 1 saturated carbocycles. The van der Waals surface area contributed by atoms with Crippen molar-refractivity contribution < 1.29 is 4.92 Å². The van der Waals surface area contributed by atoms with E-state index in [2.05, 4.69) is 0 Å². The molecule has 11 heavy (non-hydrogen) atoms. The lowest BCUT2D eigenvalue weighted by atomic mass is 10.1. The van der Waals surface area contributed by atoms with Crippen molar-refractivity contribution in [3.63, 3.8) is 0 Å². The third kappa shape index (κ3) is 2.33. The minimum Gasteiger partial charge on any atom is -0.264 e. The van der Waals surface area contributed by atoms with Crippen LogP contribution in [0.25, 0.3) is 0 Å². The molecule has 1 rings (SSSR count). The Morgan fingerprint density at radius 1 is 1.27 bits per heavy atom. The maximum Gasteiger partial charge on any atom is 0.229 e. The number of nitro groups is 1. The van der Waals surface area contributed by atoms with Crippen LogP contribution in [0.3, 0.4) is 0 Å². The van der Waals surface area contributed by atoms with Crippen LogP contribution in [0.4, 0.5) is 0 Å². The highest BCUT2D eigenvalue weighted by Crippen LogP contribution is 2.23. The zero-order chi connectivity index (χ0) is 8.27. The maximum absolute atomic E-state index is 10.4. The van der Waals surface area contributed by atoms with Gasteiger partial charge in [-0.2, -0.15) is 0 Å². The van der Waals surface area contributed by atoms with Crippen LogP contribution in [-0.4, -0.2) is 16.3 Å². The molecule has 0 bridgehead atoms. The average molecular weight is 178 g/mol. The van der Waals surface area contributed by atoms with Gasteiger partial charge in [0.15, 0.2) is 0 Å². The third-order valence-corrected chi connectivity index (χ3v) is 2.68. The van der Waals surface area contributed by atoms with Crippen LogP contribution >= 0.6 is 11.6 Å². The van der Waals surface area contributed by atoms with Gasteiger partial charge in [0.1, 0.15) is 5.38 Å². The quantitative estimate of drug-likeness (QED) is 0.267. The van der Waals surface area contributed by atoms with Crippen molar-refractivity contribution in [2.24, 2.45) is 0 Å². The van der Waals surface area contributed by atoms with Crippen LogP contribution in [0.1, 0.15) is 32.1 Å². The number of nitrogens with zero attached hydrogens (tertiary/aromatic N) is 1. The van der Waals surface area contributed by atoms with Gasteiger partial charge in [0.2, 0.25) is 6.04 Å². The molecule has 0 aromatic heterocycles. The summed E-state index contributed by atoms with van der Waals surface area (Å²) >= 11 is 5.84. The summed E-state index contributed by atoms with van der Waals surface area (Å²) in [6, 6.07) is -0.501. The van der Waals surface area contributed by atoms with Crippen molar-refractivity contribution in [3.05, 3.63) is 10.1 Å². The van der Waals surface area contributed by atoms with Crippen molar-refractivity contribution in [2.45, 2.75) is 43.5 Å². The highest BCUT2D eigenvalue weighted by molar-refractivity contribution is 6.21. The lowest BCUT2D eigenvalue weighted by Crippen LogP contribution is -2.28. The van der Waals surface area contributed by atoms with Gasteiger partial charge < -0.3 is 0 Å². The predicted octanol–water partition coefficient (Wildman–Crippen LogP) is 2.20. The molecule has 1 aliphatic carbocycles. The highest BCUT2D eigenvalue weighted by Gasteiger charge is 2.30. The second-order valence-electron chi connectivity index (χ2n) is 3.01. The molecule has 0 aromatic carbocycles. The van der Waals surface area contributed by atoms with E-state index in [1.54, 1.807) is 0 Å². The van der Waals surface area contributed by atoms with Gasteiger partial charge in [-0.3, -0.25) is 10.1 Å². The Labute approximate surface area is 70.9 Å². The van der Waals surface area contributed by atoms with E-state index >= 15 is 0 Å². The minimum absolute atomic E-state index is 0.233. The Morgan fingerprint density at radius 2 is 1.91 bits per heavy atom. The Kier molecular flexibility index (Phi) is 3.12. The lowest BCUT2D eigenvalue weighted by molar-refractivity contribution is -0.522. The number of halogens is 1. The van der Waals surface area contributed by atoms with Crippen molar-refractivity contribution in [3.8, 4) is 0 Å².